The maximum Gasteiger partial charge on any atom is 0.454 e. The second-order valence-electron chi connectivity index (χ2n) is 2.90. The van der Waals surface area contributed by atoms with Gasteiger partial charge < -0.3 is 4.74 Å². The Morgan fingerprint density at radius 3 is 2.50 bits per heavy atom. The number of ketones is 1. The third-order valence-electron chi connectivity index (χ3n) is 1.75. The van der Waals surface area contributed by atoms with Crippen molar-refractivity contribution in [2.45, 2.75) is 13.1 Å². The summed E-state index contributed by atoms with van der Waals surface area (Å²) < 4.78 is 41.4. The monoisotopic (exact) mass is 252 g/mol. The molecule has 0 aliphatic heterocycles. The summed E-state index contributed by atoms with van der Waals surface area (Å²) in [5, 5.41) is -0.270. The summed E-state index contributed by atoms with van der Waals surface area (Å²) in [7, 11) is 0. The maximum absolute atomic E-state index is 12.1. The molecule has 1 rings (SSSR count). The van der Waals surface area contributed by atoms with Crippen molar-refractivity contribution in [1.29, 1.82) is 0 Å². The van der Waals surface area contributed by atoms with Crippen molar-refractivity contribution < 1.29 is 22.7 Å². The number of Topliss-reactive ketones (excluding diaryl/α,β-unsaturated/α-hetero) is 1. The molecule has 6 heteroatoms. The molecule has 0 heterocycles. The van der Waals surface area contributed by atoms with Crippen molar-refractivity contribution in [3.8, 4) is 5.75 Å². The first-order chi connectivity index (χ1) is 7.36. The highest BCUT2D eigenvalue weighted by Gasteiger charge is 2.40. The smallest absolute Gasteiger partial charge is 0.454 e. The van der Waals surface area contributed by atoms with Crippen molar-refractivity contribution in [3.05, 3.63) is 28.8 Å². The zero-order valence-corrected chi connectivity index (χ0v) is 9.02. The molecule has 1 aromatic carbocycles. The van der Waals surface area contributed by atoms with E-state index in [-0.39, 0.29) is 5.02 Å². The molecule has 0 saturated heterocycles. The molecule has 1 aromatic rings. The predicted octanol–water partition coefficient (Wildman–Crippen LogP) is 3.48. The minimum absolute atomic E-state index is 0.270. The first-order valence-corrected chi connectivity index (χ1v) is 4.78. The molecule has 0 aliphatic rings. The van der Waals surface area contributed by atoms with Gasteiger partial charge in [0.1, 0.15) is 5.75 Å². The molecule has 0 unspecified atom stereocenters. The molecule has 2 nitrogen and oxygen atoms in total. The van der Waals surface area contributed by atoms with Gasteiger partial charge in [0, 0.05) is 5.56 Å². The lowest BCUT2D eigenvalue weighted by molar-refractivity contribution is -0.0885. The second kappa shape index (κ2) is 4.74. The highest BCUT2D eigenvalue weighted by Crippen LogP contribution is 2.28. The molecule has 0 spiro atoms. The highest BCUT2D eigenvalue weighted by atomic mass is 35.5. The average Bonchev–Trinajstić information content (AvgIpc) is 2.16. The third kappa shape index (κ3) is 2.88. The number of hydrogen-bond acceptors (Lipinski definition) is 2. The van der Waals surface area contributed by atoms with Gasteiger partial charge in [-0.2, -0.15) is 13.2 Å². The predicted molar refractivity (Wildman–Crippen MR) is 53.0 cm³/mol. The van der Waals surface area contributed by atoms with Crippen LogP contribution in [0.1, 0.15) is 17.3 Å². The molecular formula is C10H8ClF3O2. The standard InChI is InChI=1S/C10H8ClF3O2/c1-2-16-6-3-4-7(8(11)5-6)9(15)10(12,13)14/h3-5H,2H2,1H3. The molecule has 0 aromatic heterocycles. The molecule has 0 aliphatic carbocycles. The van der Waals surface area contributed by atoms with E-state index >= 15 is 0 Å². The normalized spacial score (nSPS) is 11.3. The molecule has 0 atom stereocenters. The summed E-state index contributed by atoms with van der Waals surface area (Å²) in [6.07, 6.45) is -4.92. The Labute approximate surface area is 95.0 Å². The maximum atomic E-state index is 12.1. The van der Waals surface area contributed by atoms with E-state index in [9.17, 15) is 18.0 Å². The molecule has 88 valence electrons. The quantitative estimate of drug-likeness (QED) is 0.770. The van der Waals surface area contributed by atoms with E-state index in [4.69, 9.17) is 16.3 Å². The molecule has 0 fully saturated rings. The van der Waals surface area contributed by atoms with Gasteiger partial charge in [0.05, 0.1) is 11.6 Å². The summed E-state index contributed by atoms with van der Waals surface area (Å²) in [5.41, 5.74) is -0.572. The van der Waals surface area contributed by atoms with Gasteiger partial charge in [-0.3, -0.25) is 4.79 Å². The van der Waals surface area contributed by atoms with Crippen LogP contribution in [0.25, 0.3) is 0 Å². The Morgan fingerprint density at radius 1 is 1.44 bits per heavy atom. The Kier molecular flexibility index (Phi) is 3.80. The summed E-state index contributed by atoms with van der Waals surface area (Å²) in [4.78, 5) is 10.9. The second-order valence-corrected chi connectivity index (χ2v) is 3.31. The van der Waals surface area contributed by atoms with E-state index in [0.29, 0.717) is 12.4 Å². The molecule has 0 amide bonds. The first-order valence-electron chi connectivity index (χ1n) is 4.40. The zero-order chi connectivity index (χ0) is 12.3. The van der Waals surface area contributed by atoms with E-state index in [1.807, 2.05) is 0 Å². The zero-order valence-electron chi connectivity index (χ0n) is 8.27. The van der Waals surface area contributed by atoms with Crippen LogP contribution in [-0.4, -0.2) is 18.6 Å². The molecule has 16 heavy (non-hydrogen) atoms. The summed E-state index contributed by atoms with van der Waals surface area (Å²) in [6.45, 7) is 2.09. The van der Waals surface area contributed by atoms with Crippen LogP contribution in [0.2, 0.25) is 5.02 Å². The van der Waals surface area contributed by atoms with Gasteiger partial charge >= 0.3 is 6.18 Å². The van der Waals surface area contributed by atoms with Crippen LogP contribution in [0.3, 0.4) is 0 Å². The highest BCUT2D eigenvalue weighted by molar-refractivity contribution is 6.34. The lowest BCUT2D eigenvalue weighted by atomic mass is 10.1. The number of benzene rings is 1. The molecule has 0 saturated carbocycles. The van der Waals surface area contributed by atoms with Gasteiger partial charge in [0.25, 0.3) is 5.78 Å². The van der Waals surface area contributed by atoms with Crippen LogP contribution in [0.5, 0.6) is 5.75 Å². The van der Waals surface area contributed by atoms with Crippen LogP contribution >= 0.6 is 11.6 Å². The van der Waals surface area contributed by atoms with Crippen LogP contribution in [-0.2, 0) is 0 Å². The minimum atomic E-state index is -4.92. The van der Waals surface area contributed by atoms with Crippen LogP contribution in [0.15, 0.2) is 18.2 Å². The Morgan fingerprint density at radius 2 is 2.06 bits per heavy atom. The van der Waals surface area contributed by atoms with Crippen LogP contribution in [0.4, 0.5) is 13.2 Å². The van der Waals surface area contributed by atoms with Gasteiger partial charge in [-0.15, -0.1) is 0 Å². The van der Waals surface area contributed by atoms with Crippen LogP contribution in [0, 0.1) is 0 Å². The number of halogens is 4. The van der Waals surface area contributed by atoms with Crippen molar-refractivity contribution >= 4 is 17.4 Å². The third-order valence-corrected chi connectivity index (χ3v) is 2.07. The van der Waals surface area contributed by atoms with Crippen molar-refractivity contribution in [1.82, 2.24) is 0 Å². The molecule has 0 N–H and O–H groups in total. The lowest BCUT2D eigenvalue weighted by Crippen LogP contribution is -2.23. The number of carbonyl (C=O) groups excluding carboxylic acids is 1. The topological polar surface area (TPSA) is 26.3 Å². The van der Waals surface area contributed by atoms with Gasteiger partial charge in [-0.05, 0) is 25.1 Å². The Balaban J connectivity index is 3.04. The van der Waals surface area contributed by atoms with Crippen molar-refractivity contribution in [2.75, 3.05) is 6.61 Å². The SMILES string of the molecule is CCOc1ccc(C(=O)C(F)(F)F)c(Cl)c1. The van der Waals surface area contributed by atoms with Gasteiger partial charge in [-0.25, -0.2) is 0 Å². The van der Waals surface area contributed by atoms with Gasteiger partial charge in [0.2, 0.25) is 0 Å². The number of hydrogen-bond donors (Lipinski definition) is 0. The molecular weight excluding hydrogens is 245 g/mol. The van der Waals surface area contributed by atoms with Crippen molar-refractivity contribution in [2.24, 2.45) is 0 Å². The van der Waals surface area contributed by atoms with Crippen molar-refractivity contribution in [3.63, 3.8) is 0 Å². The van der Waals surface area contributed by atoms with E-state index in [1.54, 1.807) is 6.92 Å². The fourth-order valence-corrected chi connectivity index (χ4v) is 1.35. The van der Waals surface area contributed by atoms with E-state index in [1.165, 1.54) is 12.1 Å². The Hall–Kier alpha value is -1.23. The number of ether oxygens (including phenoxy) is 1. The summed E-state index contributed by atoms with van der Waals surface area (Å²) >= 11 is 5.57. The fourth-order valence-electron chi connectivity index (χ4n) is 1.09. The largest absolute Gasteiger partial charge is 0.494 e. The average molecular weight is 253 g/mol. The van der Waals surface area contributed by atoms with Gasteiger partial charge in [-0.1, -0.05) is 11.6 Å². The van der Waals surface area contributed by atoms with E-state index in [0.717, 1.165) is 6.07 Å². The Bertz CT molecular complexity index is 402. The van der Waals surface area contributed by atoms with Crippen LogP contribution < -0.4 is 4.74 Å². The number of rotatable bonds is 3. The first kappa shape index (κ1) is 12.8. The van der Waals surface area contributed by atoms with E-state index in [2.05, 4.69) is 0 Å². The van der Waals surface area contributed by atoms with Gasteiger partial charge in [0.15, 0.2) is 0 Å². The molecule has 0 bridgehead atoms. The minimum Gasteiger partial charge on any atom is -0.494 e. The summed E-state index contributed by atoms with van der Waals surface area (Å²) in [6, 6.07) is 3.46. The summed E-state index contributed by atoms with van der Waals surface area (Å²) in [5.74, 6) is -1.63. The number of alkyl halides is 3. The van der Waals surface area contributed by atoms with E-state index < -0.39 is 17.5 Å². The lowest BCUT2D eigenvalue weighted by Gasteiger charge is -2.08. The fraction of sp³-hybridized carbons (Fsp3) is 0.300. The number of carbonyl (C=O) groups is 1. The molecule has 0 radical (unpaired) electrons.